The molecule has 0 aliphatic heterocycles. The Hall–Kier alpha value is -3.65. The topological polar surface area (TPSA) is 102 Å². The van der Waals surface area contributed by atoms with Crippen LogP contribution in [0.2, 0.25) is 0 Å². The minimum Gasteiger partial charge on any atom is -0.481 e. The van der Waals surface area contributed by atoms with Crippen LogP contribution in [0.25, 0.3) is 28.1 Å². The molecule has 1 unspecified atom stereocenters. The largest absolute Gasteiger partial charge is 0.481 e. The minimum absolute atomic E-state index is 0.431. The first-order chi connectivity index (χ1) is 14.0. The fourth-order valence-electron chi connectivity index (χ4n) is 3.36. The highest BCUT2D eigenvalue weighted by Gasteiger charge is 2.16. The zero-order chi connectivity index (χ0) is 20.5. The summed E-state index contributed by atoms with van der Waals surface area (Å²) in [5.74, 6) is 0.614. The van der Waals surface area contributed by atoms with E-state index in [-0.39, 0.29) is 0 Å². The Morgan fingerprint density at radius 3 is 2.79 bits per heavy atom. The Labute approximate surface area is 166 Å². The van der Waals surface area contributed by atoms with E-state index < -0.39 is 18.7 Å². The molecule has 29 heavy (non-hydrogen) atoms. The van der Waals surface area contributed by atoms with Crippen LogP contribution in [0.15, 0.2) is 54.9 Å². The molecule has 0 saturated heterocycles. The molecule has 8 heteroatoms. The van der Waals surface area contributed by atoms with Gasteiger partial charge in [0.1, 0.15) is 23.5 Å². The maximum Gasteiger partial charge on any atom is 0.341 e. The molecule has 0 bridgehead atoms. The molecule has 148 valence electrons. The second kappa shape index (κ2) is 7.40. The monoisotopic (exact) mass is 392 g/mol. The number of benzene rings is 2. The lowest BCUT2D eigenvalue weighted by atomic mass is 10.1. The van der Waals surface area contributed by atoms with Crippen LogP contribution < -0.4 is 4.74 Å². The van der Waals surface area contributed by atoms with E-state index in [4.69, 9.17) is 9.84 Å². The predicted molar refractivity (Wildman–Crippen MR) is 107 cm³/mol. The maximum absolute atomic E-state index is 10.9. The van der Waals surface area contributed by atoms with E-state index in [1.807, 2.05) is 52.7 Å². The summed E-state index contributed by atoms with van der Waals surface area (Å²) < 4.78 is 9.19. The van der Waals surface area contributed by atoms with Gasteiger partial charge in [-0.25, -0.2) is 14.8 Å². The zero-order valence-electron chi connectivity index (χ0n) is 16.0. The number of hydrogen-bond donors (Lipinski definition) is 2. The zero-order valence-corrected chi connectivity index (χ0v) is 16.0. The van der Waals surface area contributed by atoms with Crippen LogP contribution in [0.5, 0.6) is 5.75 Å². The number of rotatable bonds is 6. The highest BCUT2D eigenvalue weighted by Crippen LogP contribution is 2.31. The Bertz CT molecular complexity index is 1190. The quantitative estimate of drug-likeness (QED) is 0.523. The molecule has 8 nitrogen and oxygen atoms in total. The number of fused-ring (bicyclic) bond motifs is 1. The van der Waals surface area contributed by atoms with Gasteiger partial charge < -0.3 is 19.5 Å². The number of carboxylic acids is 1. The summed E-state index contributed by atoms with van der Waals surface area (Å²) >= 11 is 0. The number of hydrogen-bond acceptors (Lipinski definition) is 5. The third-order valence-corrected chi connectivity index (χ3v) is 4.67. The molecule has 0 aliphatic rings. The first-order valence-electron chi connectivity index (χ1n) is 9.08. The van der Waals surface area contributed by atoms with Crippen molar-refractivity contribution in [2.24, 2.45) is 7.05 Å². The van der Waals surface area contributed by atoms with Gasteiger partial charge >= 0.3 is 5.97 Å². The van der Waals surface area contributed by atoms with Gasteiger partial charge in [-0.05, 0) is 37.3 Å². The van der Waals surface area contributed by atoms with Crippen molar-refractivity contribution < 1.29 is 19.7 Å². The van der Waals surface area contributed by atoms with Crippen molar-refractivity contribution in [2.75, 3.05) is 6.61 Å². The average Bonchev–Trinajstić information content (AvgIpc) is 3.31. The lowest BCUT2D eigenvalue weighted by Crippen LogP contribution is -2.10. The Morgan fingerprint density at radius 2 is 2.03 bits per heavy atom. The average molecular weight is 392 g/mol. The molecular weight excluding hydrogens is 372 g/mol. The molecule has 0 aliphatic carbocycles. The summed E-state index contributed by atoms with van der Waals surface area (Å²) in [5.41, 5.74) is 3.20. The second-order valence-electron chi connectivity index (χ2n) is 6.68. The molecular formula is C21H20N4O4. The number of aliphatic hydroxyl groups is 1. The molecule has 2 aromatic heterocycles. The summed E-state index contributed by atoms with van der Waals surface area (Å²) in [7, 11) is 1.87. The summed E-state index contributed by atoms with van der Waals surface area (Å²) in [5, 5.41) is 18.8. The van der Waals surface area contributed by atoms with Gasteiger partial charge in [-0.2, -0.15) is 0 Å². The molecule has 1 atom stereocenters. The number of ether oxygens (including phenoxy) is 1. The van der Waals surface area contributed by atoms with Crippen molar-refractivity contribution in [3.63, 3.8) is 0 Å². The fraction of sp³-hybridized carbons (Fsp3) is 0.190. The molecule has 2 N–H and O–H groups in total. The van der Waals surface area contributed by atoms with E-state index in [1.54, 1.807) is 25.3 Å². The minimum atomic E-state index is -1.04. The smallest absolute Gasteiger partial charge is 0.341 e. The van der Waals surface area contributed by atoms with E-state index in [9.17, 15) is 9.90 Å². The number of nitrogens with zero attached hydrogens (tertiary/aromatic N) is 4. The van der Waals surface area contributed by atoms with E-state index in [0.29, 0.717) is 23.0 Å². The molecule has 0 amide bonds. The number of imidazole rings is 2. The molecule has 0 radical (unpaired) electrons. The summed E-state index contributed by atoms with van der Waals surface area (Å²) in [6.45, 7) is 1.25. The van der Waals surface area contributed by atoms with Crippen molar-refractivity contribution in [3.8, 4) is 22.8 Å². The van der Waals surface area contributed by atoms with Crippen molar-refractivity contribution >= 4 is 17.0 Å². The van der Waals surface area contributed by atoms with Crippen molar-refractivity contribution in [1.29, 1.82) is 0 Å². The summed E-state index contributed by atoms with van der Waals surface area (Å²) in [6.07, 6.45) is 2.83. The van der Waals surface area contributed by atoms with Crippen LogP contribution in [0, 0.1) is 0 Å². The first kappa shape index (κ1) is 18.7. The van der Waals surface area contributed by atoms with Gasteiger partial charge in [-0.15, -0.1) is 0 Å². The SMILES string of the molecule is CC(O)c1nc2cc(-n3ccnc3-c3ccccc3OCC(=O)O)ccc2n1C. The van der Waals surface area contributed by atoms with Crippen LogP contribution in [0.3, 0.4) is 0 Å². The lowest BCUT2D eigenvalue weighted by Gasteiger charge is -2.12. The molecule has 4 aromatic rings. The van der Waals surface area contributed by atoms with Crippen molar-refractivity contribution in [2.45, 2.75) is 13.0 Å². The first-order valence-corrected chi connectivity index (χ1v) is 9.08. The number of para-hydroxylation sites is 1. The van der Waals surface area contributed by atoms with Gasteiger partial charge in [-0.3, -0.25) is 4.57 Å². The van der Waals surface area contributed by atoms with Crippen molar-refractivity contribution in [3.05, 3.63) is 60.7 Å². The van der Waals surface area contributed by atoms with Gasteiger partial charge in [0.05, 0.1) is 16.6 Å². The molecule has 2 heterocycles. The third kappa shape index (κ3) is 3.45. The highest BCUT2D eigenvalue weighted by molar-refractivity contribution is 5.79. The van der Waals surface area contributed by atoms with E-state index in [1.165, 1.54) is 0 Å². The van der Waals surface area contributed by atoms with Crippen LogP contribution in [0.4, 0.5) is 0 Å². The van der Waals surface area contributed by atoms with Crippen LogP contribution in [-0.2, 0) is 11.8 Å². The maximum atomic E-state index is 10.9. The van der Waals surface area contributed by atoms with E-state index >= 15 is 0 Å². The molecule has 0 fully saturated rings. The highest BCUT2D eigenvalue weighted by atomic mass is 16.5. The van der Waals surface area contributed by atoms with Crippen LogP contribution in [-0.4, -0.2) is 41.9 Å². The predicted octanol–water partition coefficient (Wildman–Crippen LogP) is 2.94. The number of aryl methyl sites for hydroxylation is 1. The number of aliphatic hydroxyl groups excluding tert-OH is 1. The van der Waals surface area contributed by atoms with E-state index in [0.717, 1.165) is 16.7 Å². The molecule has 2 aromatic carbocycles. The third-order valence-electron chi connectivity index (χ3n) is 4.67. The van der Waals surface area contributed by atoms with Crippen LogP contribution in [0.1, 0.15) is 18.9 Å². The van der Waals surface area contributed by atoms with Gasteiger partial charge in [0.15, 0.2) is 6.61 Å². The van der Waals surface area contributed by atoms with E-state index in [2.05, 4.69) is 9.97 Å². The second-order valence-corrected chi connectivity index (χ2v) is 6.68. The van der Waals surface area contributed by atoms with Crippen LogP contribution >= 0.6 is 0 Å². The van der Waals surface area contributed by atoms with Gasteiger partial charge in [0, 0.05) is 25.1 Å². The molecule has 0 saturated carbocycles. The number of aliphatic carboxylic acids is 1. The Morgan fingerprint density at radius 1 is 1.24 bits per heavy atom. The molecule has 0 spiro atoms. The fourth-order valence-corrected chi connectivity index (χ4v) is 3.36. The summed E-state index contributed by atoms with van der Waals surface area (Å²) in [6, 6.07) is 13.0. The van der Waals surface area contributed by atoms with Gasteiger partial charge in [-0.1, -0.05) is 12.1 Å². The molecule has 4 rings (SSSR count). The standard InChI is InChI=1S/C21H20N4O4/c1-13(26)20-23-16-11-14(7-8-17(16)24(20)2)25-10-9-22-21(25)15-5-3-4-6-18(15)29-12-19(27)28/h3-11,13,26H,12H2,1-2H3,(H,27,28). The Balaban J connectivity index is 1.78. The Kier molecular flexibility index (Phi) is 4.77. The van der Waals surface area contributed by atoms with Gasteiger partial charge in [0.2, 0.25) is 0 Å². The lowest BCUT2D eigenvalue weighted by molar-refractivity contribution is -0.139. The van der Waals surface area contributed by atoms with Gasteiger partial charge in [0.25, 0.3) is 0 Å². The number of carbonyl (C=O) groups is 1. The number of aromatic nitrogens is 4. The normalized spacial score (nSPS) is 12.2. The summed E-state index contributed by atoms with van der Waals surface area (Å²) in [4.78, 5) is 19.9. The van der Waals surface area contributed by atoms with Crippen molar-refractivity contribution in [1.82, 2.24) is 19.1 Å². The number of carboxylic acid groups (broad SMARTS) is 1.